The summed E-state index contributed by atoms with van der Waals surface area (Å²) < 4.78 is 76.8. The molecule has 0 aliphatic heterocycles. The Bertz CT molecular complexity index is 485. The van der Waals surface area contributed by atoms with E-state index in [2.05, 4.69) is 9.72 Å². The first-order chi connectivity index (χ1) is 8.58. The summed E-state index contributed by atoms with van der Waals surface area (Å²) in [7, 11) is 0. The molecule has 1 aromatic heterocycles. The summed E-state index contributed by atoms with van der Waals surface area (Å²) in [5.41, 5.74) is -3.06. The lowest BCUT2D eigenvalue weighted by Gasteiger charge is -2.15. The van der Waals surface area contributed by atoms with Gasteiger partial charge in [0.15, 0.2) is 6.29 Å². The number of carbonyl (C=O) groups excluding carboxylic acids is 1. The zero-order valence-electron chi connectivity index (χ0n) is 8.77. The van der Waals surface area contributed by atoms with Crippen molar-refractivity contribution in [3.8, 4) is 5.75 Å². The first-order valence-corrected chi connectivity index (χ1v) is 5.00. The minimum absolute atomic E-state index is 0.00667. The first-order valence-electron chi connectivity index (χ1n) is 4.46. The molecule has 19 heavy (non-hydrogen) atoms. The number of nitrogens with zero attached hydrogens (tertiary/aromatic N) is 1. The van der Waals surface area contributed by atoms with Gasteiger partial charge in [0.05, 0.1) is 17.1 Å². The molecule has 0 unspecified atom stereocenters. The van der Waals surface area contributed by atoms with Gasteiger partial charge in [-0.2, -0.15) is 13.2 Å². The van der Waals surface area contributed by atoms with Crippen molar-refractivity contribution in [3.63, 3.8) is 0 Å². The van der Waals surface area contributed by atoms with E-state index in [4.69, 9.17) is 11.6 Å². The van der Waals surface area contributed by atoms with Crippen LogP contribution in [-0.4, -0.2) is 17.6 Å². The highest BCUT2D eigenvalue weighted by molar-refractivity contribution is 6.17. The predicted octanol–water partition coefficient (Wildman–Crippen LogP) is 3.55. The van der Waals surface area contributed by atoms with Gasteiger partial charge in [0.2, 0.25) is 0 Å². The molecule has 1 aromatic rings. The second-order valence-electron chi connectivity index (χ2n) is 3.16. The molecule has 0 spiro atoms. The van der Waals surface area contributed by atoms with Crippen LogP contribution in [0.1, 0.15) is 21.7 Å². The molecule has 0 aliphatic rings. The fourth-order valence-electron chi connectivity index (χ4n) is 1.16. The molecule has 10 heteroatoms. The SMILES string of the molecule is O=Cc1c(OC(F)(F)F)cc(C(F)(F)F)nc1CCl. The Kier molecular flexibility index (Phi) is 4.28. The maximum atomic E-state index is 12.4. The molecule has 3 nitrogen and oxygen atoms in total. The summed E-state index contributed by atoms with van der Waals surface area (Å²) in [4.78, 5) is 13.6. The topological polar surface area (TPSA) is 39.2 Å². The smallest absolute Gasteiger partial charge is 0.405 e. The highest BCUT2D eigenvalue weighted by Gasteiger charge is 2.37. The lowest BCUT2D eigenvalue weighted by atomic mass is 10.1. The van der Waals surface area contributed by atoms with Crippen LogP contribution in [0, 0.1) is 0 Å². The number of aromatic nitrogens is 1. The third-order valence-electron chi connectivity index (χ3n) is 1.86. The van der Waals surface area contributed by atoms with Gasteiger partial charge in [0.25, 0.3) is 0 Å². The summed E-state index contributed by atoms with van der Waals surface area (Å²) in [5, 5.41) is 0. The molecule has 0 bridgehead atoms. The van der Waals surface area contributed by atoms with Gasteiger partial charge in [-0.3, -0.25) is 4.79 Å². The largest absolute Gasteiger partial charge is 0.573 e. The van der Waals surface area contributed by atoms with E-state index in [1.165, 1.54) is 0 Å². The molecule has 1 heterocycles. The molecule has 0 amide bonds. The Morgan fingerprint density at radius 1 is 1.26 bits per heavy atom. The molecule has 0 N–H and O–H groups in total. The zero-order valence-corrected chi connectivity index (χ0v) is 9.53. The summed E-state index contributed by atoms with van der Waals surface area (Å²) in [6.45, 7) is 0. The number of halogens is 7. The Morgan fingerprint density at radius 3 is 2.21 bits per heavy atom. The standard InChI is InChI=1S/C9H4ClF6NO2/c10-2-5-4(3-18)6(19-9(14,15)16)1-7(17-5)8(11,12)13/h1,3H,2H2. The van der Waals surface area contributed by atoms with Crippen molar-refractivity contribution in [1.29, 1.82) is 0 Å². The average molecular weight is 308 g/mol. The summed E-state index contributed by atoms with van der Waals surface area (Å²) in [5.74, 6) is -1.97. The lowest BCUT2D eigenvalue weighted by Crippen LogP contribution is -2.20. The molecule has 0 atom stereocenters. The highest BCUT2D eigenvalue weighted by atomic mass is 35.5. The van der Waals surface area contributed by atoms with Crippen LogP contribution in [-0.2, 0) is 12.1 Å². The number of rotatable bonds is 3. The van der Waals surface area contributed by atoms with Crippen LogP contribution in [0.4, 0.5) is 26.3 Å². The summed E-state index contributed by atoms with van der Waals surface area (Å²) in [6.07, 6.45) is -10.3. The van der Waals surface area contributed by atoms with Crippen molar-refractivity contribution < 1.29 is 35.9 Å². The number of pyridine rings is 1. The number of hydrogen-bond donors (Lipinski definition) is 0. The second kappa shape index (κ2) is 5.24. The van der Waals surface area contributed by atoms with Gasteiger partial charge in [-0.25, -0.2) is 4.98 Å². The molecular weight excluding hydrogens is 304 g/mol. The summed E-state index contributed by atoms with van der Waals surface area (Å²) in [6, 6.07) is -0.00667. The molecular formula is C9H4ClF6NO2. The van der Waals surface area contributed by atoms with Gasteiger partial charge in [-0.15, -0.1) is 24.8 Å². The van der Waals surface area contributed by atoms with Crippen LogP contribution >= 0.6 is 11.6 Å². The minimum atomic E-state index is -5.24. The van der Waals surface area contributed by atoms with E-state index in [1.54, 1.807) is 0 Å². The molecule has 106 valence electrons. The second-order valence-corrected chi connectivity index (χ2v) is 3.43. The Morgan fingerprint density at radius 2 is 1.84 bits per heavy atom. The van der Waals surface area contributed by atoms with E-state index in [1.807, 2.05) is 0 Å². The molecule has 1 rings (SSSR count). The number of ether oxygens (including phenoxy) is 1. The summed E-state index contributed by atoms with van der Waals surface area (Å²) >= 11 is 5.25. The van der Waals surface area contributed by atoms with Crippen molar-refractivity contribution >= 4 is 17.9 Å². The van der Waals surface area contributed by atoms with Crippen LogP contribution < -0.4 is 4.74 Å². The fourth-order valence-corrected chi connectivity index (χ4v) is 1.37. The van der Waals surface area contributed by atoms with Gasteiger partial charge >= 0.3 is 12.5 Å². The number of aldehydes is 1. The van der Waals surface area contributed by atoms with Gasteiger partial charge in [0.1, 0.15) is 11.4 Å². The van der Waals surface area contributed by atoms with Crippen LogP contribution in [0.2, 0.25) is 0 Å². The number of carbonyl (C=O) groups is 1. The van der Waals surface area contributed by atoms with Gasteiger partial charge in [-0.1, -0.05) is 0 Å². The number of hydrogen-bond acceptors (Lipinski definition) is 3. The van der Waals surface area contributed by atoms with Crippen LogP contribution in [0.5, 0.6) is 5.75 Å². The van der Waals surface area contributed by atoms with Crippen molar-refractivity contribution in [1.82, 2.24) is 4.98 Å². The molecule has 0 fully saturated rings. The van der Waals surface area contributed by atoms with E-state index >= 15 is 0 Å². The minimum Gasteiger partial charge on any atom is -0.405 e. The lowest BCUT2D eigenvalue weighted by molar-refractivity contribution is -0.274. The van der Waals surface area contributed by atoms with Gasteiger partial charge < -0.3 is 4.74 Å². The van der Waals surface area contributed by atoms with E-state index in [-0.39, 0.29) is 12.4 Å². The molecule has 0 saturated carbocycles. The normalized spacial score (nSPS) is 12.4. The monoisotopic (exact) mass is 307 g/mol. The third-order valence-corrected chi connectivity index (χ3v) is 2.11. The quantitative estimate of drug-likeness (QED) is 0.487. The van der Waals surface area contributed by atoms with Gasteiger partial charge in [-0.05, 0) is 0 Å². The molecule has 0 radical (unpaired) electrons. The Labute approximate surface area is 107 Å². The third kappa shape index (κ3) is 3.98. The molecule has 0 aromatic carbocycles. The average Bonchev–Trinajstić information content (AvgIpc) is 2.24. The Balaban J connectivity index is 3.44. The Hall–Kier alpha value is -1.51. The zero-order chi connectivity index (χ0) is 14.8. The maximum Gasteiger partial charge on any atom is 0.573 e. The first kappa shape index (κ1) is 15.5. The van der Waals surface area contributed by atoms with Crippen molar-refractivity contribution in [2.75, 3.05) is 0 Å². The van der Waals surface area contributed by atoms with Crippen LogP contribution in [0.3, 0.4) is 0 Å². The molecule has 0 aliphatic carbocycles. The van der Waals surface area contributed by atoms with Crippen molar-refractivity contribution in [2.24, 2.45) is 0 Å². The highest BCUT2D eigenvalue weighted by Crippen LogP contribution is 2.34. The number of alkyl halides is 7. The fraction of sp³-hybridized carbons (Fsp3) is 0.333. The maximum absolute atomic E-state index is 12.4. The van der Waals surface area contributed by atoms with E-state index in [0.29, 0.717) is 0 Å². The molecule has 0 saturated heterocycles. The van der Waals surface area contributed by atoms with E-state index in [0.717, 1.165) is 0 Å². The van der Waals surface area contributed by atoms with E-state index in [9.17, 15) is 31.1 Å². The van der Waals surface area contributed by atoms with Crippen LogP contribution in [0.15, 0.2) is 6.07 Å². The predicted molar refractivity (Wildman–Crippen MR) is 50.9 cm³/mol. The van der Waals surface area contributed by atoms with Crippen molar-refractivity contribution in [3.05, 3.63) is 23.0 Å². The van der Waals surface area contributed by atoms with Crippen molar-refractivity contribution in [2.45, 2.75) is 18.4 Å². The van der Waals surface area contributed by atoms with Gasteiger partial charge in [0, 0.05) is 6.07 Å². The van der Waals surface area contributed by atoms with E-state index < -0.39 is 41.1 Å². The van der Waals surface area contributed by atoms with Crippen LogP contribution in [0.25, 0.3) is 0 Å².